The minimum atomic E-state index is -0.371. The van der Waals surface area contributed by atoms with E-state index in [0.717, 1.165) is 18.5 Å². The van der Waals surface area contributed by atoms with Gasteiger partial charge in [0.25, 0.3) is 0 Å². The Morgan fingerprint density at radius 2 is 1.90 bits per heavy atom. The summed E-state index contributed by atoms with van der Waals surface area (Å²) < 4.78 is 0. The predicted molar refractivity (Wildman–Crippen MR) is 78.3 cm³/mol. The van der Waals surface area contributed by atoms with Gasteiger partial charge in [-0.1, -0.05) is 18.2 Å². The Morgan fingerprint density at radius 1 is 1.14 bits per heavy atom. The van der Waals surface area contributed by atoms with Gasteiger partial charge >= 0.3 is 0 Å². The van der Waals surface area contributed by atoms with Crippen LogP contribution in [0.4, 0.5) is 5.69 Å². The van der Waals surface area contributed by atoms with Crippen molar-refractivity contribution < 1.29 is 14.4 Å². The lowest BCUT2D eigenvalue weighted by atomic mass is 10.0. The second-order valence-corrected chi connectivity index (χ2v) is 5.01. The van der Waals surface area contributed by atoms with Crippen molar-refractivity contribution >= 4 is 23.4 Å². The molecule has 0 aliphatic carbocycles. The van der Waals surface area contributed by atoms with Crippen LogP contribution in [0.15, 0.2) is 24.3 Å². The summed E-state index contributed by atoms with van der Waals surface area (Å²) in [4.78, 5) is 36.2. The number of carbonyl (C=O) groups is 3. The highest BCUT2D eigenvalue weighted by Gasteiger charge is 2.22. The molecule has 21 heavy (non-hydrogen) atoms. The van der Waals surface area contributed by atoms with E-state index in [2.05, 4.69) is 10.9 Å². The van der Waals surface area contributed by atoms with Crippen molar-refractivity contribution in [3.8, 4) is 0 Å². The van der Waals surface area contributed by atoms with Crippen molar-refractivity contribution in [2.75, 3.05) is 11.4 Å². The minimum absolute atomic E-state index is 0.0534. The third-order valence-corrected chi connectivity index (χ3v) is 3.36. The maximum absolute atomic E-state index is 12.3. The van der Waals surface area contributed by atoms with Crippen molar-refractivity contribution in [3.63, 3.8) is 0 Å². The van der Waals surface area contributed by atoms with Gasteiger partial charge in [-0.3, -0.25) is 25.2 Å². The Bertz CT molecular complexity index is 557. The molecule has 0 saturated heterocycles. The SMILES string of the molecule is CC(=O)NNC(=O)CCC(=O)N1CCCc2ccccc21. The van der Waals surface area contributed by atoms with Gasteiger partial charge in [-0.2, -0.15) is 0 Å². The van der Waals surface area contributed by atoms with Crippen molar-refractivity contribution in [1.82, 2.24) is 10.9 Å². The quantitative estimate of drug-likeness (QED) is 0.812. The zero-order chi connectivity index (χ0) is 15.2. The summed E-state index contributed by atoms with van der Waals surface area (Å²) >= 11 is 0. The summed E-state index contributed by atoms with van der Waals surface area (Å²) in [5, 5.41) is 0. The fourth-order valence-electron chi connectivity index (χ4n) is 2.37. The number of anilines is 1. The Hall–Kier alpha value is -2.37. The van der Waals surface area contributed by atoms with E-state index in [4.69, 9.17) is 0 Å². The lowest BCUT2D eigenvalue weighted by Gasteiger charge is -2.29. The van der Waals surface area contributed by atoms with Gasteiger partial charge in [0.05, 0.1) is 0 Å². The molecular weight excluding hydrogens is 270 g/mol. The molecule has 1 heterocycles. The first-order valence-corrected chi connectivity index (χ1v) is 7.01. The van der Waals surface area contributed by atoms with Gasteiger partial charge in [0, 0.05) is 32.0 Å². The number of nitrogens with zero attached hydrogens (tertiary/aromatic N) is 1. The number of hydrazine groups is 1. The Labute approximate surface area is 123 Å². The minimum Gasteiger partial charge on any atom is -0.312 e. The maximum atomic E-state index is 12.3. The lowest BCUT2D eigenvalue weighted by molar-refractivity contribution is -0.129. The van der Waals surface area contributed by atoms with Crippen LogP contribution in [-0.4, -0.2) is 24.3 Å². The predicted octanol–water partition coefficient (Wildman–Crippen LogP) is 0.913. The average molecular weight is 289 g/mol. The van der Waals surface area contributed by atoms with E-state index in [0.29, 0.717) is 6.54 Å². The van der Waals surface area contributed by atoms with Crippen LogP contribution in [0.2, 0.25) is 0 Å². The van der Waals surface area contributed by atoms with Gasteiger partial charge in [-0.05, 0) is 24.5 Å². The first-order chi connectivity index (χ1) is 10.1. The second-order valence-electron chi connectivity index (χ2n) is 5.01. The van der Waals surface area contributed by atoms with Crippen LogP contribution in [0.25, 0.3) is 0 Å². The number of para-hydroxylation sites is 1. The highest BCUT2D eigenvalue weighted by Crippen LogP contribution is 2.27. The molecule has 1 aromatic carbocycles. The van der Waals surface area contributed by atoms with Gasteiger partial charge in [-0.15, -0.1) is 0 Å². The van der Waals surface area contributed by atoms with Crippen molar-refractivity contribution in [1.29, 1.82) is 0 Å². The summed E-state index contributed by atoms with van der Waals surface area (Å²) in [5.41, 5.74) is 6.56. The zero-order valence-electron chi connectivity index (χ0n) is 12.0. The monoisotopic (exact) mass is 289 g/mol. The summed E-state index contributed by atoms with van der Waals surface area (Å²) in [5.74, 6) is -0.788. The van der Waals surface area contributed by atoms with Gasteiger partial charge < -0.3 is 4.90 Å². The van der Waals surface area contributed by atoms with Crippen molar-refractivity contribution in [2.24, 2.45) is 0 Å². The number of benzene rings is 1. The van der Waals surface area contributed by atoms with E-state index >= 15 is 0 Å². The summed E-state index contributed by atoms with van der Waals surface area (Å²) in [6.45, 7) is 1.99. The normalized spacial score (nSPS) is 13.3. The Kier molecular flexibility index (Phi) is 4.92. The topological polar surface area (TPSA) is 78.5 Å². The maximum Gasteiger partial charge on any atom is 0.238 e. The molecule has 0 radical (unpaired) electrons. The number of amides is 3. The molecule has 1 aliphatic rings. The molecule has 0 atom stereocenters. The number of carbonyl (C=O) groups excluding carboxylic acids is 3. The van der Waals surface area contributed by atoms with Gasteiger partial charge in [-0.25, -0.2) is 0 Å². The molecular formula is C15H19N3O3. The van der Waals surface area contributed by atoms with Crippen LogP contribution < -0.4 is 15.8 Å². The molecule has 1 aliphatic heterocycles. The largest absolute Gasteiger partial charge is 0.312 e. The van der Waals surface area contributed by atoms with Crippen LogP contribution in [0.3, 0.4) is 0 Å². The fraction of sp³-hybridized carbons (Fsp3) is 0.400. The zero-order valence-corrected chi connectivity index (χ0v) is 12.0. The molecule has 1 aromatic rings. The van der Waals surface area contributed by atoms with Crippen LogP contribution in [0.1, 0.15) is 31.7 Å². The second kappa shape index (κ2) is 6.88. The van der Waals surface area contributed by atoms with E-state index in [-0.39, 0.29) is 30.6 Å². The number of nitrogens with one attached hydrogen (secondary N) is 2. The molecule has 0 bridgehead atoms. The molecule has 2 N–H and O–H groups in total. The van der Waals surface area contributed by atoms with Crippen LogP contribution in [0.5, 0.6) is 0 Å². The Balaban J connectivity index is 1.90. The van der Waals surface area contributed by atoms with Crippen LogP contribution >= 0.6 is 0 Å². The number of hydrogen-bond acceptors (Lipinski definition) is 3. The van der Waals surface area contributed by atoms with E-state index in [1.54, 1.807) is 4.90 Å². The lowest BCUT2D eigenvalue weighted by Crippen LogP contribution is -2.41. The van der Waals surface area contributed by atoms with Crippen LogP contribution in [-0.2, 0) is 20.8 Å². The van der Waals surface area contributed by atoms with E-state index in [1.807, 2.05) is 24.3 Å². The van der Waals surface area contributed by atoms with Gasteiger partial charge in [0.2, 0.25) is 17.7 Å². The Morgan fingerprint density at radius 3 is 2.67 bits per heavy atom. The number of aryl methyl sites for hydroxylation is 1. The highest BCUT2D eigenvalue weighted by molar-refractivity contribution is 5.96. The molecule has 0 aromatic heterocycles. The highest BCUT2D eigenvalue weighted by atomic mass is 16.2. The first-order valence-electron chi connectivity index (χ1n) is 7.01. The first kappa shape index (κ1) is 15.0. The third-order valence-electron chi connectivity index (χ3n) is 3.36. The number of hydrogen-bond donors (Lipinski definition) is 2. The van der Waals surface area contributed by atoms with Crippen molar-refractivity contribution in [3.05, 3.63) is 29.8 Å². The van der Waals surface area contributed by atoms with Gasteiger partial charge in [0.1, 0.15) is 0 Å². The van der Waals surface area contributed by atoms with E-state index in [9.17, 15) is 14.4 Å². The fourth-order valence-corrected chi connectivity index (χ4v) is 2.37. The molecule has 2 rings (SSSR count). The summed E-state index contributed by atoms with van der Waals surface area (Å²) in [6.07, 6.45) is 2.08. The number of rotatable bonds is 3. The van der Waals surface area contributed by atoms with Crippen LogP contribution in [0, 0.1) is 0 Å². The summed E-state index contributed by atoms with van der Waals surface area (Å²) in [7, 11) is 0. The summed E-state index contributed by atoms with van der Waals surface area (Å²) in [6, 6.07) is 7.84. The van der Waals surface area contributed by atoms with Gasteiger partial charge in [0.15, 0.2) is 0 Å². The smallest absolute Gasteiger partial charge is 0.238 e. The third kappa shape index (κ3) is 4.05. The molecule has 6 heteroatoms. The molecule has 0 fully saturated rings. The van der Waals surface area contributed by atoms with E-state index < -0.39 is 0 Å². The number of fused-ring (bicyclic) bond motifs is 1. The molecule has 0 spiro atoms. The van der Waals surface area contributed by atoms with Crippen molar-refractivity contribution in [2.45, 2.75) is 32.6 Å². The molecule has 3 amide bonds. The molecule has 0 unspecified atom stereocenters. The molecule has 0 saturated carbocycles. The average Bonchev–Trinajstić information content (AvgIpc) is 2.50. The molecule has 6 nitrogen and oxygen atoms in total. The van der Waals surface area contributed by atoms with E-state index in [1.165, 1.54) is 12.5 Å². The molecule has 112 valence electrons. The standard InChI is InChI=1S/C15H19N3O3/c1-11(19)16-17-14(20)8-9-15(21)18-10-4-6-12-5-2-3-7-13(12)18/h2-3,5,7H,4,6,8-10H2,1H3,(H,16,19)(H,17,20).